The fraction of sp³-hybridized carbons (Fsp3) is 0.286. The van der Waals surface area contributed by atoms with Gasteiger partial charge in [-0.3, -0.25) is 4.79 Å². The molecule has 0 aromatic heterocycles. The maximum atomic E-state index is 12.4. The molecule has 2 aromatic carbocycles. The molecule has 9 heteroatoms. The number of nitrogens with two attached hydrogens (primary N) is 1. The van der Waals surface area contributed by atoms with Gasteiger partial charge in [0.15, 0.2) is 0 Å². The number of rotatable bonds is 5. The first kappa shape index (κ1) is 22.9. The van der Waals surface area contributed by atoms with Crippen LogP contribution in [0.15, 0.2) is 42.1 Å². The van der Waals surface area contributed by atoms with Crippen molar-refractivity contribution in [3.63, 3.8) is 0 Å². The number of carbonyl (C=O) groups is 3. The molecule has 0 unspecified atom stereocenters. The van der Waals surface area contributed by atoms with Crippen molar-refractivity contribution in [2.45, 2.75) is 32.1 Å². The Morgan fingerprint density at radius 3 is 2.67 bits per heavy atom. The molecule has 1 saturated heterocycles. The smallest absolute Gasteiger partial charge is 0.543 e. The Morgan fingerprint density at radius 2 is 2.03 bits per heavy atom. The predicted octanol–water partition coefficient (Wildman–Crippen LogP) is -2.49. The van der Waals surface area contributed by atoms with Gasteiger partial charge in [-0.05, 0) is 52.9 Å². The second kappa shape index (κ2) is 8.78. The van der Waals surface area contributed by atoms with E-state index in [2.05, 4.69) is 0 Å². The van der Waals surface area contributed by atoms with Crippen LogP contribution in [0.2, 0.25) is 0 Å². The van der Waals surface area contributed by atoms with Crippen LogP contribution < -0.4 is 62.2 Å². The number of nitrogens with zero attached hydrogens (tertiary/aromatic N) is 1. The molecule has 0 spiro atoms. The van der Waals surface area contributed by atoms with Gasteiger partial charge in [0.25, 0.3) is 0 Å². The zero-order chi connectivity index (χ0) is 20.9. The quantitative estimate of drug-likeness (QED) is 0.395. The predicted molar refractivity (Wildman–Crippen MR) is 101 cm³/mol. The number of ether oxygens (including phenoxy) is 1. The Balaban J connectivity index is 0.00000256. The third-order valence-corrected chi connectivity index (χ3v) is 5.59. The number of fused-ring (bicyclic) bond motifs is 2. The van der Waals surface area contributed by atoms with Gasteiger partial charge in [0.05, 0.1) is 29.7 Å². The van der Waals surface area contributed by atoms with Gasteiger partial charge in [0, 0.05) is 0 Å². The van der Waals surface area contributed by atoms with Gasteiger partial charge >= 0.3 is 57.5 Å². The molecule has 2 amide bonds. The van der Waals surface area contributed by atoms with Gasteiger partial charge in [0.1, 0.15) is 6.61 Å². The number of primary amides is 1. The van der Waals surface area contributed by atoms with Crippen molar-refractivity contribution in [2.75, 3.05) is 0 Å². The molecule has 0 radical (unpaired) electrons. The number of carboxylic acid groups (broad SMARTS) is 1. The summed E-state index contributed by atoms with van der Waals surface area (Å²) in [5.74, 6) is -2.50. The van der Waals surface area contributed by atoms with E-state index in [9.17, 15) is 24.6 Å². The first-order valence-corrected chi connectivity index (χ1v) is 9.19. The van der Waals surface area contributed by atoms with Crippen LogP contribution in [-0.2, 0) is 20.9 Å². The van der Waals surface area contributed by atoms with E-state index in [4.69, 9.17) is 10.5 Å². The van der Waals surface area contributed by atoms with Gasteiger partial charge in [-0.15, -0.1) is 0 Å². The SMILES string of the molecule is C[C@@H](O)[C@H]1C(=O)N2C(C(=O)[O-])=C(c3cc(COC(N)=O)c4ccccc4c3)C[C@H]12.[K+]. The van der Waals surface area contributed by atoms with Gasteiger partial charge in [-0.1, -0.05) is 24.3 Å². The zero-order valence-electron chi connectivity index (χ0n) is 16.6. The summed E-state index contributed by atoms with van der Waals surface area (Å²) < 4.78 is 4.94. The third kappa shape index (κ3) is 3.81. The minimum absolute atomic E-state index is 0. The number of hydrogen-bond acceptors (Lipinski definition) is 6. The summed E-state index contributed by atoms with van der Waals surface area (Å²) in [7, 11) is 0. The second-order valence-corrected chi connectivity index (χ2v) is 7.32. The van der Waals surface area contributed by atoms with Crippen LogP contribution >= 0.6 is 0 Å². The Morgan fingerprint density at radius 1 is 1.33 bits per heavy atom. The minimum Gasteiger partial charge on any atom is -0.543 e. The van der Waals surface area contributed by atoms with Crippen LogP contribution in [0.3, 0.4) is 0 Å². The summed E-state index contributed by atoms with van der Waals surface area (Å²) >= 11 is 0. The normalized spacial score (nSPS) is 21.0. The Hall–Kier alpha value is -1.75. The molecule has 3 N–H and O–H groups in total. The molecule has 0 aliphatic carbocycles. The van der Waals surface area contributed by atoms with E-state index in [1.165, 1.54) is 11.8 Å². The molecule has 3 atom stereocenters. The molecule has 8 nitrogen and oxygen atoms in total. The molecule has 4 rings (SSSR count). The standard InChI is InChI=1S/C21H20N2O6.K/c1-10(24)17-16-8-15(18(20(26)27)23(16)19(17)25)12-6-11-4-2-3-5-14(11)13(7-12)9-29-21(22)28;/h2-7,10,16-17,24H,8-9H2,1H3,(H2,22,28)(H,26,27);/q;+1/p-1/t10-,16-,17-;/m1./s1. The molecule has 2 heterocycles. The van der Waals surface area contributed by atoms with Crippen molar-refractivity contribution < 1.29 is 80.7 Å². The molecule has 2 aliphatic rings. The van der Waals surface area contributed by atoms with Gasteiger partial charge in [0.2, 0.25) is 5.91 Å². The van der Waals surface area contributed by atoms with Crippen molar-refractivity contribution in [2.24, 2.45) is 11.7 Å². The van der Waals surface area contributed by atoms with Crippen molar-refractivity contribution in [1.82, 2.24) is 4.90 Å². The summed E-state index contributed by atoms with van der Waals surface area (Å²) in [5, 5.41) is 23.4. The van der Waals surface area contributed by atoms with Crippen LogP contribution in [0.25, 0.3) is 16.3 Å². The van der Waals surface area contributed by atoms with Crippen molar-refractivity contribution >= 4 is 34.3 Å². The fourth-order valence-electron chi connectivity index (χ4n) is 4.35. The molecule has 0 saturated carbocycles. The van der Waals surface area contributed by atoms with Gasteiger partial charge in [-0.25, -0.2) is 4.79 Å². The zero-order valence-corrected chi connectivity index (χ0v) is 19.7. The molecule has 150 valence electrons. The monoisotopic (exact) mass is 434 g/mol. The van der Waals surface area contributed by atoms with E-state index in [0.717, 1.165) is 10.8 Å². The molecular weight excluding hydrogens is 415 g/mol. The molecule has 0 bridgehead atoms. The summed E-state index contributed by atoms with van der Waals surface area (Å²) in [6.45, 7) is 1.45. The van der Waals surface area contributed by atoms with E-state index >= 15 is 0 Å². The Labute approximate surface area is 215 Å². The van der Waals surface area contributed by atoms with E-state index in [1.807, 2.05) is 30.3 Å². The number of hydrogen-bond donors (Lipinski definition) is 2. The van der Waals surface area contributed by atoms with E-state index in [1.54, 1.807) is 6.07 Å². The van der Waals surface area contributed by atoms with Crippen LogP contribution in [-0.4, -0.2) is 40.1 Å². The van der Waals surface area contributed by atoms with Gasteiger partial charge < -0.3 is 30.4 Å². The fourth-order valence-corrected chi connectivity index (χ4v) is 4.35. The summed E-state index contributed by atoms with van der Waals surface area (Å²) in [4.78, 5) is 36.5. The second-order valence-electron chi connectivity index (χ2n) is 7.32. The summed E-state index contributed by atoms with van der Waals surface area (Å²) in [6.07, 6.45) is -1.49. The van der Waals surface area contributed by atoms with E-state index in [0.29, 0.717) is 23.1 Å². The minimum atomic E-state index is -1.44. The van der Waals surface area contributed by atoms with Gasteiger partial charge in [-0.2, -0.15) is 0 Å². The molecule has 1 fully saturated rings. The van der Waals surface area contributed by atoms with Crippen molar-refractivity contribution in [3.8, 4) is 0 Å². The number of aliphatic hydroxyl groups excluding tert-OH is 1. The van der Waals surface area contributed by atoms with Crippen molar-refractivity contribution in [3.05, 3.63) is 53.2 Å². The number of benzene rings is 2. The number of carbonyl (C=O) groups excluding carboxylic acids is 3. The molecular formula is C21H19KN2O6. The number of aliphatic carboxylic acids is 1. The third-order valence-electron chi connectivity index (χ3n) is 5.59. The Bertz CT molecular complexity index is 1080. The number of amides is 2. The average Bonchev–Trinajstić information content (AvgIpc) is 3.00. The Kier molecular flexibility index (Phi) is 6.71. The first-order valence-electron chi connectivity index (χ1n) is 9.19. The largest absolute Gasteiger partial charge is 1.00 e. The van der Waals surface area contributed by atoms with Crippen molar-refractivity contribution in [1.29, 1.82) is 0 Å². The van der Waals surface area contributed by atoms with Crippen LogP contribution in [0.5, 0.6) is 0 Å². The summed E-state index contributed by atoms with van der Waals surface area (Å²) in [6, 6.07) is 10.6. The van der Waals surface area contributed by atoms with Crippen LogP contribution in [0, 0.1) is 5.92 Å². The maximum absolute atomic E-state index is 12.4. The molecule has 2 aliphatic heterocycles. The number of β-lactam (4-membered cyclic amide) rings is 1. The van der Waals surface area contributed by atoms with E-state index < -0.39 is 36.0 Å². The first-order chi connectivity index (χ1) is 13.8. The van der Waals surface area contributed by atoms with Crippen LogP contribution in [0.1, 0.15) is 24.5 Å². The topological polar surface area (TPSA) is 133 Å². The van der Waals surface area contributed by atoms with E-state index in [-0.39, 0.29) is 63.7 Å². The molecule has 30 heavy (non-hydrogen) atoms. The average molecular weight is 434 g/mol. The summed E-state index contributed by atoms with van der Waals surface area (Å²) in [5.41, 5.74) is 6.63. The molecule has 2 aromatic rings. The van der Waals surface area contributed by atoms with Crippen LogP contribution in [0.4, 0.5) is 4.79 Å². The maximum Gasteiger partial charge on any atom is 1.00 e. The number of aliphatic hydroxyl groups is 1. The number of carboxylic acids is 1.